The van der Waals surface area contributed by atoms with Gasteiger partial charge in [0.15, 0.2) is 9.84 Å². The highest BCUT2D eigenvalue weighted by Crippen LogP contribution is 2.26. The van der Waals surface area contributed by atoms with Crippen LogP contribution < -0.4 is 14.8 Å². The lowest BCUT2D eigenvalue weighted by Gasteiger charge is -2.21. The Hall–Kier alpha value is -1.65. The summed E-state index contributed by atoms with van der Waals surface area (Å²) < 4.78 is 55.7. The van der Waals surface area contributed by atoms with Crippen molar-refractivity contribution in [1.29, 1.82) is 0 Å². The molecule has 0 atom stereocenters. The van der Waals surface area contributed by atoms with Crippen LogP contribution in [0.5, 0.6) is 5.75 Å². The number of nitrogens with one attached hydrogen (secondary N) is 2. The van der Waals surface area contributed by atoms with E-state index in [2.05, 4.69) is 10.0 Å². The van der Waals surface area contributed by atoms with Gasteiger partial charge in [-0.15, -0.1) is 0 Å². The van der Waals surface area contributed by atoms with Crippen molar-refractivity contribution in [1.82, 2.24) is 10.0 Å². The van der Waals surface area contributed by atoms with E-state index in [1.807, 2.05) is 0 Å². The van der Waals surface area contributed by atoms with Gasteiger partial charge in [0.2, 0.25) is 10.0 Å². The zero-order valence-corrected chi connectivity index (χ0v) is 17.3. The summed E-state index contributed by atoms with van der Waals surface area (Å²) in [7, 11) is -5.78. The highest BCUT2D eigenvalue weighted by Gasteiger charge is 2.26. The van der Waals surface area contributed by atoms with Crippen LogP contribution in [0.3, 0.4) is 0 Å². The van der Waals surface area contributed by atoms with Gasteiger partial charge >= 0.3 is 0 Å². The molecule has 0 spiro atoms. The molecule has 1 aromatic rings. The van der Waals surface area contributed by atoms with Crippen LogP contribution in [-0.4, -0.2) is 53.4 Å². The number of sulfonamides is 1. The molecule has 0 fully saturated rings. The van der Waals surface area contributed by atoms with Crippen molar-refractivity contribution < 1.29 is 26.4 Å². The van der Waals surface area contributed by atoms with E-state index in [4.69, 9.17) is 4.74 Å². The lowest BCUT2D eigenvalue weighted by molar-refractivity contribution is 0.0956. The van der Waals surface area contributed by atoms with Gasteiger partial charge in [0.25, 0.3) is 5.91 Å². The number of rotatable bonds is 8. The number of benzene rings is 1. The summed E-state index contributed by atoms with van der Waals surface area (Å²) in [5, 5.41) is 2.48. The molecule has 0 aliphatic carbocycles. The molecule has 0 saturated heterocycles. The summed E-state index contributed by atoms with van der Waals surface area (Å²) >= 11 is 0. The second kappa shape index (κ2) is 8.36. The van der Waals surface area contributed by atoms with E-state index in [1.54, 1.807) is 20.8 Å². The van der Waals surface area contributed by atoms with E-state index in [0.717, 1.165) is 0 Å². The fourth-order valence-electron chi connectivity index (χ4n) is 2.05. The molecule has 26 heavy (non-hydrogen) atoms. The molecule has 0 unspecified atom stereocenters. The maximum absolute atomic E-state index is 12.6. The molecule has 10 heteroatoms. The molecular formula is C16H26N2O6S2. The van der Waals surface area contributed by atoms with Gasteiger partial charge in [-0.25, -0.2) is 21.6 Å². The number of methoxy groups -OCH3 is 1. The normalized spacial score (nSPS) is 12.7. The van der Waals surface area contributed by atoms with Crippen LogP contribution >= 0.6 is 0 Å². The predicted octanol–water partition coefficient (Wildman–Crippen LogP) is 0.937. The predicted molar refractivity (Wildman–Crippen MR) is 99.7 cm³/mol. The number of hydrogen-bond acceptors (Lipinski definition) is 6. The molecule has 148 valence electrons. The fraction of sp³-hybridized carbons (Fsp3) is 0.562. The monoisotopic (exact) mass is 406 g/mol. The maximum atomic E-state index is 12.6. The second-order valence-corrected chi connectivity index (χ2v) is 10.8. The third-order valence-corrected chi connectivity index (χ3v) is 6.78. The van der Waals surface area contributed by atoms with E-state index in [0.29, 0.717) is 0 Å². The quantitative estimate of drug-likeness (QED) is 0.663. The van der Waals surface area contributed by atoms with Crippen molar-refractivity contribution >= 4 is 25.8 Å². The minimum Gasteiger partial charge on any atom is -0.495 e. The van der Waals surface area contributed by atoms with E-state index in [1.165, 1.54) is 32.2 Å². The van der Waals surface area contributed by atoms with Gasteiger partial charge in [-0.05, 0) is 39.0 Å². The number of sulfone groups is 1. The second-order valence-electron chi connectivity index (χ2n) is 6.71. The third-order valence-electron chi connectivity index (χ3n) is 3.29. The summed E-state index contributed by atoms with van der Waals surface area (Å²) in [5.74, 6) is -0.646. The van der Waals surface area contributed by atoms with Gasteiger partial charge in [-0.2, -0.15) is 0 Å². The Bertz CT molecular complexity index is 855. The molecule has 0 aromatic heterocycles. The zero-order valence-electron chi connectivity index (χ0n) is 15.6. The lowest BCUT2D eigenvalue weighted by atomic mass is 10.1. The summed E-state index contributed by atoms with van der Waals surface area (Å²) in [6.07, 6.45) is 0. The van der Waals surface area contributed by atoms with Gasteiger partial charge < -0.3 is 10.1 Å². The minimum atomic E-state index is -3.92. The van der Waals surface area contributed by atoms with Crippen LogP contribution in [0.15, 0.2) is 23.1 Å². The van der Waals surface area contributed by atoms with E-state index in [9.17, 15) is 21.6 Å². The largest absolute Gasteiger partial charge is 0.495 e. The molecule has 0 bridgehead atoms. The highest BCUT2D eigenvalue weighted by atomic mass is 32.2. The van der Waals surface area contributed by atoms with Crippen LogP contribution in [0.1, 0.15) is 38.1 Å². The molecule has 0 radical (unpaired) electrons. The van der Waals surface area contributed by atoms with Crippen LogP contribution in [0.25, 0.3) is 0 Å². The van der Waals surface area contributed by atoms with Crippen molar-refractivity contribution in [3.05, 3.63) is 23.8 Å². The lowest BCUT2D eigenvalue weighted by Crippen LogP contribution is -2.40. The average Bonchev–Trinajstić information content (AvgIpc) is 2.51. The zero-order chi connectivity index (χ0) is 20.2. The van der Waals surface area contributed by atoms with Crippen LogP contribution in [0.4, 0.5) is 0 Å². The molecule has 8 nitrogen and oxygen atoms in total. The molecule has 1 rings (SSSR count). The molecule has 0 heterocycles. The van der Waals surface area contributed by atoms with E-state index in [-0.39, 0.29) is 34.3 Å². The highest BCUT2D eigenvalue weighted by molar-refractivity contribution is 7.91. The Morgan fingerprint density at radius 2 is 1.77 bits per heavy atom. The van der Waals surface area contributed by atoms with E-state index >= 15 is 0 Å². The van der Waals surface area contributed by atoms with Gasteiger partial charge in [-0.1, -0.05) is 6.92 Å². The topological polar surface area (TPSA) is 119 Å². The van der Waals surface area contributed by atoms with Crippen LogP contribution in [0, 0.1) is 0 Å². The van der Waals surface area contributed by atoms with Crippen molar-refractivity contribution in [3.63, 3.8) is 0 Å². The summed E-state index contributed by atoms with van der Waals surface area (Å²) in [6, 6.07) is 4.00. The fourth-order valence-corrected chi connectivity index (χ4v) is 4.37. The van der Waals surface area contributed by atoms with Crippen LogP contribution in [0.2, 0.25) is 0 Å². The van der Waals surface area contributed by atoms with Crippen molar-refractivity contribution in [2.75, 3.05) is 25.2 Å². The molecular weight excluding hydrogens is 380 g/mol. The Labute approximate surface area is 155 Å². The molecule has 2 N–H and O–H groups in total. The Balaban J connectivity index is 3.08. The molecule has 0 saturated carbocycles. The number of amides is 1. The first-order valence-corrected chi connectivity index (χ1v) is 11.3. The number of carbonyl (C=O) groups is 1. The first kappa shape index (κ1) is 22.4. The summed E-state index contributed by atoms with van der Waals surface area (Å²) in [5.41, 5.74) is -0.620. The van der Waals surface area contributed by atoms with Crippen molar-refractivity contribution in [3.8, 4) is 5.75 Å². The first-order chi connectivity index (χ1) is 11.8. The number of ether oxygens (including phenoxy) is 1. The van der Waals surface area contributed by atoms with Crippen LogP contribution in [-0.2, 0) is 19.9 Å². The first-order valence-electron chi connectivity index (χ1n) is 8.02. The Morgan fingerprint density at radius 3 is 2.27 bits per heavy atom. The SMILES string of the molecule is CCS(=O)(=O)CCNC(=O)c1ccc(OC)c(S(=O)(=O)NC(C)(C)C)c1. The van der Waals surface area contributed by atoms with Gasteiger partial charge in [0.1, 0.15) is 10.6 Å². The minimum absolute atomic E-state index is 0.00767. The third kappa shape index (κ3) is 6.58. The standard InChI is InChI=1S/C16H26N2O6S2/c1-6-25(20,21)10-9-17-15(19)12-7-8-13(24-5)14(11-12)26(22,23)18-16(2,3)4/h7-8,11,18H,6,9-10H2,1-5H3,(H,17,19). The van der Waals surface area contributed by atoms with Gasteiger partial charge in [0, 0.05) is 23.4 Å². The maximum Gasteiger partial charge on any atom is 0.251 e. The van der Waals surface area contributed by atoms with Crippen molar-refractivity contribution in [2.24, 2.45) is 0 Å². The average molecular weight is 407 g/mol. The Morgan fingerprint density at radius 1 is 1.15 bits per heavy atom. The van der Waals surface area contributed by atoms with E-state index < -0.39 is 31.3 Å². The summed E-state index contributed by atoms with van der Waals surface area (Å²) in [6.45, 7) is 6.56. The number of carbonyl (C=O) groups excluding carboxylic acids is 1. The van der Waals surface area contributed by atoms with Gasteiger partial charge in [0.05, 0.1) is 12.9 Å². The molecule has 1 aromatic carbocycles. The molecule has 0 aliphatic rings. The molecule has 1 amide bonds. The number of hydrogen-bond donors (Lipinski definition) is 2. The molecule has 0 aliphatic heterocycles. The smallest absolute Gasteiger partial charge is 0.251 e. The summed E-state index contributed by atoms with van der Waals surface area (Å²) in [4.78, 5) is 12.1. The van der Waals surface area contributed by atoms with Gasteiger partial charge in [-0.3, -0.25) is 4.79 Å². The van der Waals surface area contributed by atoms with Crippen molar-refractivity contribution in [2.45, 2.75) is 38.1 Å². The Kier molecular flexibility index (Phi) is 7.20.